The van der Waals surface area contributed by atoms with Crippen molar-refractivity contribution in [2.45, 2.75) is 96.8 Å². The largest absolute Gasteiger partial charge is 0.550 e. The molecule has 0 bridgehead atoms. The molecule has 0 spiro atoms. The van der Waals surface area contributed by atoms with Crippen LogP contribution in [0.4, 0.5) is 0 Å². The molecule has 0 atom stereocenters. The standard InChI is InChI=1S/C18H34O2/c1-2-3-4-5-6-7-8-9-10-11-12-13-14-15-16-17-18(19)20/h12-13H,2-11,14-17H2,1H3,(H,19,20)/p-1/b13-12-. The molecule has 0 rings (SSSR count). The highest BCUT2D eigenvalue weighted by Crippen LogP contribution is 2.10. The highest BCUT2D eigenvalue weighted by molar-refractivity contribution is 5.64. The van der Waals surface area contributed by atoms with Gasteiger partial charge in [0.25, 0.3) is 0 Å². The first-order chi connectivity index (χ1) is 9.77. The van der Waals surface area contributed by atoms with E-state index in [2.05, 4.69) is 19.1 Å². The smallest absolute Gasteiger partial charge is 0.0414 e. The Morgan fingerprint density at radius 1 is 0.750 bits per heavy atom. The lowest BCUT2D eigenvalue weighted by molar-refractivity contribution is -0.305. The number of allylic oxidation sites excluding steroid dienone is 2. The Morgan fingerprint density at radius 2 is 1.20 bits per heavy atom. The molecule has 2 heteroatoms. The molecule has 2 nitrogen and oxygen atoms in total. The first kappa shape index (κ1) is 19.2. The van der Waals surface area contributed by atoms with Gasteiger partial charge in [0.05, 0.1) is 0 Å². The maximum Gasteiger partial charge on any atom is 0.0414 e. The van der Waals surface area contributed by atoms with Gasteiger partial charge in [0.2, 0.25) is 0 Å². The molecule has 0 radical (unpaired) electrons. The summed E-state index contributed by atoms with van der Waals surface area (Å²) in [5.41, 5.74) is 0. The third kappa shape index (κ3) is 17.2. The van der Waals surface area contributed by atoms with E-state index in [1.807, 2.05) is 0 Å². The number of carbonyl (C=O) groups is 1. The van der Waals surface area contributed by atoms with E-state index in [1.165, 1.54) is 64.2 Å². The summed E-state index contributed by atoms with van der Waals surface area (Å²) in [5.74, 6) is -0.927. The van der Waals surface area contributed by atoms with E-state index in [4.69, 9.17) is 0 Å². The van der Waals surface area contributed by atoms with Gasteiger partial charge in [0, 0.05) is 5.97 Å². The molecule has 0 amide bonds. The van der Waals surface area contributed by atoms with Gasteiger partial charge in [-0.3, -0.25) is 0 Å². The molecule has 118 valence electrons. The Labute approximate surface area is 125 Å². The molecule has 0 aliphatic rings. The average Bonchev–Trinajstić information content (AvgIpc) is 2.43. The number of rotatable bonds is 15. The van der Waals surface area contributed by atoms with Gasteiger partial charge in [0.15, 0.2) is 0 Å². The quantitative estimate of drug-likeness (QED) is 0.320. The van der Waals surface area contributed by atoms with Crippen LogP contribution in [0.2, 0.25) is 0 Å². The van der Waals surface area contributed by atoms with Crippen LogP contribution >= 0.6 is 0 Å². The minimum Gasteiger partial charge on any atom is -0.550 e. The number of hydrogen-bond donors (Lipinski definition) is 0. The Hall–Kier alpha value is -0.790. The number of carboxylic acids is 1. The monoisotopic (exact) mass is 281 g/mol. The number of hydrogen-bond acceptors (Lipinski definition) is 2. The lowest BCUT2D eigenvalue weighted by atomic mass is 10.1. The van der Waals surface area contributed by atoms with Crippen LogP contribution in [0.3, 0.4) is 0 Å². The average molecular weight is 281 g/mol. The summed E-state index contributed by atoms with van der Waals surface area (Å²) in [6, 6.07) is 0. The van der Waals surface area contributed by atoms with Crippen LogP contribution in [-0.4, -0.2) is 5.97 Å². The zero-order valence-electron chi connectivity index (χ0n) is 13.4. The first-order valence-corrected chi connectivity index (χ1v) is 8.62. The highest BCUT2D eigenvalue weighted by Gasteiger charge is 1.91. The first-order valence-electron chi connectivity index (χ1n) is 8.62. The molecule has 0 aromatic heterocycles. The predicted molar refractivity (Wildman–Crippen MR) is 84.5 cm³/mol. The summed E-state index contributed by atoms with van der Waals surface area (Å²) in [5, 5.41) is 10.2. The Balaban J connectivity index is 3.06. The van der Waals surface area contributed by atoms with Crippen molar-refractivity contribution in [1.29, 1.82) is 0 Å². The molecule has 0 fully saturated rings. The van der Waals surface area contributed by atoms with Gasteiger partial charge in [-0.25, -0.2) is 0 Å². The van der Waals surface area contributed by atoms with Crippen LogP contribution in [0, 0.1) is 0 Å². The van der Waals surface area contributed by atoms with E-state index >= 15 is 0 Å². The van der Waals surface area contributed by atoms with Crippen molar-refractivity contribution in [3.63, 3.8) is 0 Å². The van der Waals surface area contributed by atoms with Gasteiger partial charge in [0.1, 0.15) is 0 Å². The minimum atomic E-state index is -0.927. The summed E-state index contributed by atoms with van der Waals surface area (Å²) >= 11 is 0. The van der Waals surface area contributed by atoms with Crippen molar-refractivity contribution in [3.05, 3.63) is 12.2 Å². The maximum atomic E-state index is 10.2. The van der Waals surface area contributed by atoms with Gasteiger partial charge in [-0.2, -0.15) is 0 Å². The molecule has 0 saturated heterocycles. The van der Waals surface area contributed by atoms with Gasteiger partial charge in [-0.15, -0.1) is 0 Å². The van der Waals surface area contributed by atoms with Crippen molar-refractivity contribution < 1.29 is 9.90 Å². The SMILES string of the molecule is CCCCCCCCCCC/C=C\CCCCC(=O)[O-]. The van der Waals surface area contributed by atoms with E-state index in [0.717, 1.165) is 19.3 Å². The van der Waals surface area contributed by atoms with Gasteiger partial charge >= 0.3 is 0 Å². The van der Waals surface area contributed by atoms with Crippen molar-refractivity contribution in [1.82, 2.24) is 0 Å². The second kappa shape index (κ2) is 16.3. The number of carboxylic acid groups (broad SMARTS) is 1. The van der Waals surface area contributed by atoms with E-state index in [1.54, 1.807) is 0 Å². The minimum absolute atomic E-state index is 0.200. The molecular weight excluding hydrogens is 248 g/mol. The fraction of sp³-hybridized carbons (Fsp3) is 0.833. The van der Waals surface area contributed by atoms with E-state index < -0.39 is 5.97 Å². The third-order valence-corrected chi connectivity index (χ3v) is 3.64. The highest BCUT2D eigenvalue weighted by atomic mass is 16.4. The molecule has 0 aliphatic carbocycles. The fourth-order valence-electron chi connectivity index (χ4n) is 2.34. The molecule has 0 aliphatic heterocycles. The lowest BCUT2D eigenvalue weighted by Crippen LogP contribution is -2.21. The van der Waals surface area contributed by atoms with Crippen molar-refractivity contribution in [2.24, 2.45) is 0 Å². The van der Waals surface area contributed by atoms with Crippen LogP contribution in [0.25, 0.3) is 0 Å². The molecule has 0 aromatic rings. The summed E-state index contributed by atoms with van der Waals surface area (Å²) < 4.78 is 0. The third-order valence-electron chi connectivity index (χ3n) is 3.64. The van der Waals surface area contributed by atoms with Crippen LogP contribution in [0.15, 0.2) is 12.2 Å². The van der Waals surface area contributed by atoms with Crippen molar-refractivity contribution >= 4 is 5.97 Å². The Bertz CT molecular complexity index is 234. The number of aliphatic carboxylic acids is 1. The summed E-state index contributed by atoms with van der Waals surface area (Å²) in [6.07, 6.45) is 20.9. The molecular formula is C18H33O2-. The summed E-state index contributed by atoms with van der Waals surface area (Å²) in [4.78, 5) is 10.2. The molecule has 0 saturated carbocycles. The van der Waals surface area contributed by atoms with E-state index in [-0.39, 0.29) is 6.42 Å². The normalized spacial score (nSPS) is 11.2. The second-order valence-corrected chi connectivity index (χ2v) is 5.71. The summed E-state index contributed by atoms with van der Waals surface area (Å²) in [7, 11) is 0. The number of carbonyl (C=O) groups excluding carboxylic acids is 1. The van der Waals surface area contributed by atoms with E-state index in [0.29, 0.717) is 0 Å². The lowest BCUT2D eigenvalue weighted by Gasteiger charge is -2.01. The van der Waals surface area contributed by atoms with Crippen LogP contribution in [0.1, 0.15) is 96.8 Å². The zero-order chi connectivity index (χ0) is 14.9. The molecule has 0 unspecified atom stereocenters. The van der Waals surface area contributed by atoms with Crippen molar-refractivity contribution in [3.8, 4) is 0 Å². The summed E-state index contributed by atoms with van der Waals surface area (Å²) in [6.45, 7) is 2.26. The maximum absolute atomic E-state index is 10.2. The molecule has 0 N–H and O–H groups in total. The Kier molecular flexibility index (Phi) is 15.6. The number of unbranched alkanes of at least 4 members (excludes halogenated alkanes) is 11. The van der Waals surface area contributed by atoms with Crippen LogP contribution in [-0.2, 0) is 4.79 Å². The molecule has 0 heterocycles. The van der Waals surface area contributed by atoms with Gasteiger partial charge in [-0.05, 0) is 38.5 Å². The molecule has 20 heavy (non-hydrogen) atoms. The predicted octanol–water partition coefficient (Wildman–Crippen LogP) is 4.77. The van der Waals surface area contributed by atoms with Gasteiger partial charge < -0.3 is 9.90 Å². The fourth-order valence-corrected chi connectivity index (χ4v) is 2.34. The van der Waals surface area contributed by atoms with Crippen molar-refractivity contribution in [2.75, 3.05) is 0 Å². The Morgan fingerprint density at radius 3 is 1.70 bits per heavy atom. The zero-order valence-corrected chi connectivity index (χ0v) is 13.4. The van der Waals surface area contributed by atoms with Crippen LogP contribution in [0.5, 0.6) is 0 Å². The van der Waals surface area contributed by atoms with Crippen LogP contribution < -0.4 is 5.11 Å². The van der Waals surface area contributed by atoms with Gasteiger partial charge in [-0.1, -0.05) is 70.4 Å². The molecule has 0 aromatic carbocycles. The second-order valence-electron chi connectivity index (χ2n) is 5.71. The van der Waals surface area contributed by atoms with E-state index in [9.17, 15) is 9.90 Å². The topological polar surface area (TPSA) is 40.1 Å².